The lowest BCUT2D eigenvalue weighted by Gasteiger charge is -2.09. The van der Waals surface area contributed by atoms with Gasteiger partial charge in [-0.3, -0.25) is 4.79 Å². The van der Waals surface area contributed by atoms with E-state index in [9.17, 15) is 4.79 Å². The van der Waals surface area contributed by atoms with Crippen LogP contribution in [0.15, 0.2) is 0 Å². The standard InChI is InChI=1S/C6H12N2O2/c7-6(10)1-4-2-8-3-5(4)9/h4-5,8-9H,1-3H2,(H2,7,10). The maximum absolute atomic E-state index is 10.4. The van der Waals surface area contributed by atoms with Gasteiger partial charge < -0.3 is 16.2 Å². The molecule has 4 heteroatoms. The summed E-state index contributed by atoms with van der Waals surface area (Å²) in [4.78, 5) is 10.4. The maximum Gasteiger partial charge on any atom is 0.217 e. The molecular weight excluding hydrogens is 132 g/mol. The first-order valence-corrected chi connectivity index (χ1v) is 3.37. The third kappa shape index (κ3) is 1.68. The Balaban J connectivity index is 2.33. The van der Waals surface area contributed by atoms with Crippen molar-refractivity contribution < 1.29 is 9.90 Å². The Hall–Kier alpha value is -0.610. The second kappa shape index (κ2) is 2.98. The number of hydrogen-bond acceptors (Lipinski definition) is 3. The SMILES string of the molecule is NC(=O)CC1CNCC1O. The topological polar surface area (TPSA) is 75.4 Å². The molecule has 4 N–H and O–H groups in total. The van der Waals surface area contributed by atoms with Crippen LogP contribution in [0.1, 0.15) is 6.42 Å². The minimum Gasteiger partial charge on any atom is -0.391 e. The molecule has 1 aliphatic heterocycles. The van der Waals surface area contributed by atoms with E-state index in [1.165, 1.54) is 0 Å². The summed E-state index contributed by atoms with van der Waals surface area (Å²) in [6.45, 7) is 1.28. The summed E-state index contributed by atoms with van der Waals surface area (Å²) >= 11 is 0. The van der Waals surface area contributed by atoms with Crippen LogP contribution < -0.4 is 11.1 Å². The lowest BCUT2D eigenvalue weighted by Crippen LogP contribution is -2.24. The van der Waals surface area contributed by atoms with Gasteiger partial charge in [-0.1, -0.05) is 0 Å². The quantitative estimate of drug-likeness (QED) is 0.439. The third-order valence-electron chi connectivity index (χ3n) is 1.77. The van der Waals surface area contributed by atoms with E-state index in [2.05, 4.69) is 5.32 Å². The van der Waals surface area contributed by atoms with Crippen molar-refractivity contribution in [2.45, 2.75) is 12.5 Å². The molecule has 1 amide bonds. The van der Waals surface area contributed by atoms with Crippen LogP contribution in [0.3, 0.4) is 0 Å². The second-order valence-electron chi connectivity index (χ2n) is 2.66. The highest BCUT2D eigenvalue weighted by Crippen LogP contribution is 2.11. The number of rotatable bonds is 2. The highest BCUT2D eigenvalue weighted by Gasteiger charge is 2.25. The van der Waals surface area contributed by atoms with Gasteiger partial charge in [0.1, 0.15) is 0 Å². The molecule has 1 rings (SSSR count). The van der Waals surface area contributed by atoms with Crippen molar-refractivity contribution in [3.8, 4) is 0 Å². The van der Waals surface area contributed by atoms with E-state index in [0.717, 1.165) is 0 Å². The number of primary amides is 1. The van der Waals surface area contributed by atoms with Crippen LogP contribution in [0.2, 0.25) is 0 Å². The van der Waals surface area contributed by atoms with Crippen LogP contribution in [0, 0.1) is 5.92 Å². The Morgan fingerprint density at radius 1 is 1.70 bits per heavy atom. The number of carbonyl (C=O) groups excluding carboxylic acids is 1. The predicted octanol–water partition coefficient (Wildman–Crippen LogP) is -1.56. The molecule has 0 aliphatic carbocycles. The fourth-order valence-electron chi connectivity index (χ4n) is 1.19. The molecule has 2 unspecified atom stereocenters. The largest absolute Gasteiger partial charge is 0.391 e. The van der Waals surface area contributed by atoms with Gasteiger partial charge in [-0.2, -0.15) is 0 Å². The average Bonchev–Trinajstić information content (AvgIpc) is 2.15. The zero-order chi connectivity index (χ0) is 7.56. The number of β-amino-alcohol motifs (C(OH)–C–C–N with tert-alkyl or cyclic N) is 1. The Bertz CT molecular complexity index is 138. The predicted molar refractivity (Wildman–Crippen MR) is 36.2 cm³/mol. The number of amides is 1. The summed E-state index contributed by atoms with van der Waals surface area (Å²) in [7, 11) is 0. The number of aliphatic hydroxyl groups is 1. The van der Waals surface area contributed by atoms with Crippen molar-refractivity contribution >= 4 is 5.91 Å². The number of carbonyl (C=O) groups is 1. The zero-order valence-corrected chi connectivity index (χ0v) is 5.71. The summed E-state index contributed by atoms with van der Waals surface area (Å²) in [5.41, 5.74) is 4.96. The molecule has 0 saturated carbocycles. The molecular formula is C6H12N2O2. The van der Waals surface area contributed by atoms with Crippen molar-refractivity contribution in [2.75, 3.05) is 13.1 Å². The van der Waals surface area contributed by atoms with Crippen molar-refractivity contribution in [1.29, 1.82) is 0 Å². The minimum atomic E-state index is -0.396. The van der Waals surface area contributed by atoms with E-state index in [1.54, 1.807) is 0 Å². The Morgan fingerprint density at radius 2 is 2.40 bits per heavy atom. The Morgan fingerprint density at radius 3 is 2.80 bits per heavy atom. The van der Waals surface area contributed by atoms with Gasteiger partial charge in [0.15, 0.2) is 0 Å². The van der Waals surface area contributed by atoms with E-state index in [4.69, 9.17) is 10.8 Å². The van der Waals surface area contributed by atoms with E-state index in [0.29, 0.717) is 13.1 Å². The van der Waals surface area contributed by atoms with Crippen LogP contribution >= 0.6 is 0 Å². The molecule has 10 heavy (non-hydrogen) atoms. The summed E-state index contributed by atoms with van der Waals surface area (Å²) < 4.78 is 0. The lowest BCUT2D eigenvalue weighted by atomic mass is 10.0. The summed E-state index contributed by atoms with van der Waals surface area (Å²) in [6, 6.07) is 0. The van der Waals surface area contributed by atoms with Crippen LogP contribution in [0.5, 0.6) is 0 Å². The summed E-state index contributed by atoms with van der Waals surface area (Å²) in [5, 5.41) is 12.1. The molecule has 1 fully saturated rings. The molecule has 0 aromatic rings. The second-order valence-corrected chi connectivity index (χ2v) is 2.66. The maximum atomic E-state index is 10.4. The number of nitrogens with two attached hydrogens (primary N) is 1. The molecule has 4 nitrogen and oxygen atoms in total. The van der Waals surface area contributed by atoms with Crippen LogP contribution in [0.25, 0.3) is 0 Å². The van der Waals surface area contributed by atoms with Crippen molar-refractivity contribution in [3.63, 3.8) is 0 Å². The molecule has 1 aliphatic rings. The molecule has 2 atom stereocenters. The van der Waals surface area contributed by atoms with Crippen LogP contribution in [-0.2, 0) is 4.79 Å². The highest BCUT2D eigenvalue weighted by molar-refractivity contribution is 5.74. The summed E-state index contributed by atoms with van der Waals surface area (Å²) in [6.07, 6.45) is -0.110. The van der Waals surface area contributed by atoms with Crippen molar-refractivity contribution in [2.24, 2.45) is 11.7 Å². The van der Waals surface area contributed by atoms with Gasteiger partial charge in [0.05, 0.1) is 6.10 Å². The molecule has 1 heterocycles. The Labute approximate surface area is 59.4 Å². The monoisotopic (exact) mass is 144 g/mol. The molecule has 0 spiro atoms. The van der Waals surface area contributed by atoms with Crippen molar-refractivity contribution in [1.82, 2.24) is 5.32 Å². The minimum absolute atomic E-state index is 0.0255. The normalized spacial score (nSPS) is 32.5. The van der Waals surface area contributed by atoms with Crippen molar-refractivity contribution in [3.05, 3.63) is 0 Å². The third-order valence-corrected chi connectivity index (χ3v) is 1.77. The van der Waals surface area contributed by atoms with E-state index < -0.39 is 6.10 Å². The fourth-order valence-corrected chi connectivity index (χ4v) is 1.19. The zero-order valence-electron chi connectivity index (χ0n) is 5.71. The molecule has 0 aromatic carbocycles. The first-order valence-electron chi connectivity index (χ1n) is 3.37. The first-order chi connectivity index (χ1) is 4.70. The number of nitrogens with one attached hydrogen (secondary N) is 1. The van der Waals surface area contributed by atoms with Gasteiger partial charge in [-0.05, 0) is 0 Å². The molecule has 58 valence electrons. The van der Waals surface area contributed by atoms with E-state index >= 15 is 0 Å². The average molecular weight is 144 g/mol. The number of aliphatic hydroxyl groups excluding tert-OH is 1. The smallest absolute Gasteiger partial charge is 0.217 e. The van der Waals surface area contributed by atoms with Gasteiger partial charge in [-0.25, -0.2) is 0 Å². The van der Waals surface area contributed by atoms with Gasteiger partial charge in [0.25, 0.3) is 0 Å². The molecule has 0 bridgehead atoms. The molecule has 0 radical (unpaired) electrons. The van der Waals surface area contributed by atoms with Crippen LogP contribution in [-0.4, -0.2) is 30.2 Å². The molecule has 1 saturated heterocycles. The first kappa shape index (κ1) is 7.50. The van der Waals surface area contributed by atoms with E-state index in [1.807, 2.05) is 0 Å². The van der Waals surface area contributed by atoms with Gasteiger partial charge in [0.2, 0.25) is 5.91 Å². The fraction of sp³-hybridized carbons (Fsp3) is 0.833. The van der Waals surface area contributed by atoms with Gasteiger partial charge in [0, 0.05) is 25.4 Å². The van der Waals surface area contributed by atoms with E-state index in [-0.39, 0.29) is 18.2 Å². The summed E-state index contributed by atoms with van der Waals surface area (Å²) in [5.74, 6) is -0.315. The molecule has 0 aromatic heterocycles. The van der Waals surface area contributed by atoms with Gasteiger partial charge in [-0.15, -0.1) is 0 Å². The lowest BCUT2D eigenvalue weighted by molar-refractivity contribution is -0.119. The van der Waals surface area contributed by atoms with Crippen LogP contribution in [0.4, 0.5) is 0 Å². The number of hydrogen-bond donors (Lipinski definition) is 3. The van der Waals surface area contributed by atoms with Gasteiger partial charge >= 0.3 is 0 Å². The Kier molecular flexibility index (Phi) is 2.24. The highest BCUT2D eigenvalue weighted by atomic mass is 16.3.